The number of carbonyl (C=O) groups is 1. The van der Waals surface area contributed by atoms with Crippen molar-refractivity contribution < 1.29 is 23.6 Å². The highest BCUT2D eigenvalue weighted by Crippen LogP contribution is 2.36. The van der Waals surface area contributed by atoms with Crippen molar-refractivity contribution in [3.8, 4) is 5.75 Å². The van der Waals surface area contributed by atoms with Crippen molar-refractivity contribution in [1.82, 2.24) is 5.32 Å². The largest absolute Gasteiger partial charge is 0.496 e. The Morgan fingerprint density at radius 3 is 2.36 bits per heavy atom. The first-order valence-electron chi connectivity index (χ1n) is 8.48. The fourth-order valence-corrected chi connectivity index (χ4v) is 2.59. The molecule has 0 saturated carbocycles. The lowest BCUT2D eigenvalue weighted by molar-refractivity contribution is -0.120. The normalized spacial score (nSPS) is 18.2. The minimum atomic E-state index is -0.466. The standard InChI is InChI=1S/C18H28BNO5/c1-17(2)18(3,4)25-19(24-17)14-7-8-15(23-6)13(11-14)12-16(21)20-9-10-22-5/h7-8,11H,9-10,12H2,1-6H3,(H,20,21). The predicted octanol–water partition coefficient (Wildman–Crippen LogP) is 1.30. The van der Waals surface area contributed by atoms with Crippen LogP contribution in [0.4, 0.5) is 0 Å². The predicted molar refractivity (Wildman–Crippen MR) is 97.3 cm³/mol. The van der Waals surface area contributed by atoms with Gasteiger partial charge >= 0.3 is 7.12 Å². The molecule has 1 N–H and O–H groups in total. The van der Waals surface area contributed by atoms with E-state index in [1.54, 1.807) is 14.2 Å². The van der Waals surface area contributed by atoms with E-state index in [9.17, 15) is 4.79 Å². The van der Waals surface area contributed by atoms with Gasteiger partial charge in [-0.05, 0) is 39.2 Å². The second kappa shape index (κ2) is 7.76. The van der Waals surface area contributed by atoms with Crippen LogP contribution in [0, 0.1) is 0 Å². The van der Waals surface area contributed by atoms with Crippen LogP contribution in [0.15, 0.2) is 18.2 Å². The third-order valence-electron chi connectivity index (χ3n) is 4.81. The molecule has 1 aromatic rings. The third-order valence-corrected chi connectivity index (χ3v) is 4.81. The second-order valence-corrected chi connectivity index (χ2v) is 7.18. The molecule has 1 aliphatic rings. The summed E-state index contributed by atoms with van der Waals surface area (Å²) < 4.78 is 22.5. The Kier molecular flexibility index (Phi) is 6.14. The molecule has 2 rings (SSSR count). The molecule has 0 atom stereocenters. The third kappa shape index (κ3) is 4.54. The molecule has 0 bridgehead atoms. The zero-order valence-corrected chi connectivity index (χ0v) is 16.0. The Labute approximate surface area is 150 Å². The first-order chi connectivity index (χ1) is 11.7. The number of benzene rings is 1. The zero-order chi connectivity index (χ0) is 18.7. The zero-order valence-electron chi connectivity index (χ0n) is 16.0. The Morgan fingerprint density at radius 2 is 1.80 bits per heavy atom. The van der Waals surface area contributed by atoms with E-state index in [0.717, 1.165) is 11.0 Å². The van der Waals surface area contributed by atoms with Crippen molar-refractivity contribution in [3.05, 3.63) is 23.8 Å². The lowest BCUT2D eigenvalue weighted by Crippen LogP contribution is -2.41. The highest BCUT2D eigenvalue weighted by molar-refractivity contribution is 6.62. The van der Waals surface area contributed by atoms with Crippen LogP contribution in [-0.2, 0) is 25.3 Å². The van der Waals surface area contributed by atoms with Gasteiger partial charge in [0.2, 0.25) is 5.91 Å². The number of rotatable bonds is 7. The van der Waals surface area contributed by atoms with Gasteiger partial charge < -0.3 is 24.1 Å². The summed E-state index contributed by atoms with van der Waals surface area (Å²) >= 11 is 0. The van der Waals surface area contributed by atoms with Crippen LogP contribution in [-0.4, -0.2) is 51.6 Å². The molecular formula is C18H28BNO5. The summed E-state index contributed by atoms with van der Waals surface area (Å²) in [5.41, 5.74) is 0.855. The number of methoxy groups -OCH3 is 2. The van der Waals surface area contributed by atoms with Crippen molar-refractivity contribution in [2.75, 3.05) is 27.4 Å². The summed E-state index contributed by atoms with van der Waals surface area (Å²) in [6, 6.07) is 5.67. The van der Waals surface area contributed by atoms with Crippen LogP contribution in [0.2, 0.25) is 0 Å². The monoisotopic (exact) mass is 349 g/mol. The summed E-state index contributed by atoms with van der Waals surface area (Å²) in [7, 11) is 2.73. The number of hydrogen-bond donors (Lipinski definition) is 1. The smallest absolute Gasteiger partial charge is 0.494 e. The minimum Gasteiger partial charge on any atom is -0.496 e. The van der Waals surface area contributed by atoms with Gasteiger partial charge in [-0.25, -0.2) is 0 Å². The van der Waals surface area contributed by atoms with Gasteiger partial charge in [0.15, 0.2) is 0 Å². The van der Waals surface area contributed by atoms with Gasteiger partial charge in [0.1, 0.15) is 5.75 Å². The van der Waals surface area contributed by atoms with E-state index in [2.05, 4.69) is 5.32 Å². The van der Waals surface area contributed by atoms with E-state index >= 15 is 0 Å². The van der Waals surface area contributed by atoms with Crippen LogP contribution >= 0.6 is 0 Å². The summed E-state index contributed by atoms with van der Waals surface area (Å²) in [5.74, 6) is 0.587. The Balaban J connectivity index is 2.16. The van der Waals surface area contributed by atoms with Gasteiger partial charge in [-0.2, -0.15) is 0 Å². The molecule has 1 heterocycles. The molecular weight excluding hydrogens is 321 g/mol. The summed E-state index contributed by atoms with van der Waals surface area (Å²) in [6.45, 7) is 9.02. The van der Waals surface area contributed by atoms with Crippen LogP contribution in [0.25, 0.3) is 0 Å². The molecule has 6 nitrogen and oxygen atoms in total. The number of nitrogens with one attached hydrogen (secondary N) is 1. The van der Waals surface area contributed by atoms with E-state index in [-0.39, 0.29) is 12.3 Å². The van der Waals surface area contributed by atoms with Crippen molar-refractivity contribution in [2.24, 2.45) is 0 Å². The molecule has 1 saturated heterocycles. The van der Waals surface area contributed by atoms with Gasteiger partial charge in [0.05, 0.1) is 31.3 Å². The fourth-order valence-electron chi connectivity index (χ4n) is 2.59. The highest BCUT2D eigenvalue weighted by atomic mass is 16.7. The number of carbonyl (C=O) groups excluding carboxylic acids is 1. The van der Waals surface area contributed by atoms with Crippen molar-refractivity contribution in [2.45, 2.75) is 45.3 Å². The molecule has 0 aromatic heterocycles. The lowest BCUT2D eigenvalue weighted by Gasteiger charge is -2.32. The molecule has 7 heteroatoms. The van der Waals surface area contributed by atoms with Crippen LogP contribution < -0.4 is 15.5 Å². The van der Waals surface area contributed by atoms with Crippen molar-refractivity contribution in [1.29, 1.82) is 0 Å². The molecule has 0 spiro atoms. The highest BCUT2D eigenvalue weighted by Gasteiger charge is 2.51. The maximum absolute atomic E-state index is 12.1. The molecule has 1 aliphatic heterocycles. The van der Waals surface area contributed by atoms with E-state index in [0.29, 0.717) is 18.9 Å². The number of hydrogen-bond acceptors (Lipinski definition) is 5. The maximum atomic E-state index is 12.1. The molecule has 138 valence electrons. The molecule has 1 fully saturated rings. The quantitative estimate of drug-likeness (QED) is 0.594. The van der Waals surface area contributed by atoms with Gasteiger partial charge in [-0.1, -0.05) is 12.1 Å². The van der Waals surface area contributed by atoms with Crippen LogP contribution in [0.5, 0.6) is 5.75 Å². The number of ether oxygens (including phenoxy) is 2. The van der Waals surface area contributed by atoms with E-state index in [4.69, 9.17) is 18.8 Å². The second-order valence-electron chi connectivity index (χ2n) is 7.18. The maximum Gasteiger partial charge on any atom is 0.494 e. The van der Waals surface area contributed by atoms with E-state index in [1.165, 1.54) is 0 Å². The average molecular weight is 349 g/mol. The van der Waals surface area contributed by atoms with Gasteiger partial charge in [0, 0.05) is 19.2 Å². The molecule has 0 aliphatic carbocycles. The molecule has 0 radical (unpaired) electrons. The Bertz CT molecular complexity index is 601. The fraction of sp³-hybridized carbons (Fsp3) is 0.611. The first-order valence-corrected chi connectivity index (χ1v) is 8.48. The van der Waals surface area contributed by atoms with Gasteiger partial charge in [-0.15, -0.1) is 0 Å². The van der Waals surface area contributed by atoms with E-state index < -0.39 is 18.3 Å². The Hall–Kier alpha value is -1.57. The van der Waals surface area contributed by atoms with Crippen molar-refractivity contribution >= 4 is 18.5 Å². The minimum absolute atomic E-state index is 0.0820. The lowest BCUT2D eigenvalue weighted by atomic mass is 9.78. The average Bonchev–Trinajstić information content (AvgIpc) is 2.75. The molecule has 25 heavy (non-hydrogen) atoms. The SMILES string of the molecule is COCCNC(=O)Cc1cc(B2OC(C)(C)C(C)(C)O2)ccc1OC. The van der Waals surface area contributed by atoms with Gasteiger partial charge in [0.25, 0.3) is 0 Å². The summed E-state index contributed by atoms with van der Waals surface area (Å²) in [5, 5.41) is 2.82. The number of amides is 1. The Morgan fingerprint density at radius 1 is 1.16 bits per heavy atom. The van der Waals surface area contributed by atoms with Crippen LogP contribution in [0.3, 0.4) is 0 Å². The molecule has 1 amide bonds. The topological polar surface area (TPSA) is 66.0 Å². The van der Waals surface area contributed by atoms with Gasteiger partial charge in [-0.3, -0.25) is 4.79 Å². The summed E-state index contributed by atoms with van der Waals surface area (Å²) in [6.07, 6.45) is 0.222. The van der Waals surface area contributed by atoms with Crippen molar-refractivity contribution in [3.63, 3.8) is 0 Å². The molecule has 1 aromatic carbocycles. The van der Waals surface area contributed by atoms with E-state index in [1.807, 2.05) is 45.9 Å². The first kappa shape index (κ1) is 19.8. The summed E-state index contributed by atoms with van der Waals surface area (Å²) in [4.78, 5) is 12.1. The van der Waals surface area contributed by atoms with Crippen LogP contribution in [0.1, 0.15) is 33.3 Å². The molecule has 0 unspecified atom stereocenters.